The molecular formula is C35H35BrF3N3O4S. The van der Waals surface area contributed by atoms with Crippen molar-refractivity contribution in [3.63, 3.8) is 0 Å². The van der Waals surface area contributed by atoms with Crippen molar-refractivity contribution in [2.24, 2.45) is 0 Å². The van der Waals surface area contributed by atoms with Gasteiger partial charge in [-0.3, -0.25) is 13.9 Å². The lowest BCUT2D eigenvalue weighted by Crippen LogP contribution is -2.54. The van der Waals surface area contributed by atoms with Crippen LogP contribution >= 0.6 is 15.9 Å². The third kappa shape index (κ3) is 9.45. The molecule has 0 radical (unpaired) electrons. The molecule has 0 heterocycles. The SMILES string of the molecule is Cc1ccc(S(=O)(=O)N(CC(=O)N(Cc2ccc(Br)cc2)C(Cc2ccccc2)C(=O)NC(C)C)c2cccc(C(F)(F)F)c2)cc1. The monoisotopic (exact) mass is 729 g/mol. The molecule has 7 nitrogen and oxygen atoms in total. The molecule has 4 aromatic rings. The van der Waals surface area contributed by atoms with Gasteiger partial charge in [0, 0.05) is 23.5 Å². The van der Waals surface area contributed by atoms with Crippen LogP contribution in [-0.4, -0.2) is 43.8 Å². The van der Waals surface area contributed by atoms with Gasteiger partial charge in [-0.25, -0.2) is 8.42 Å². The molecule has 4 aromatic carbocycles. The van der Waals surface area contributed by atoms with Crippen LogP contribution < -0.4 is 9.62 Å². The smallest absolute Gasteiger partial charge is 0.352 e. The van der Waals surface area contributed by atoms with E-state index in [4.69, 9.17) is 0 Å². The predicted molar refractivity (Wildman–Crippen MR) is 179 cm³/mol. The van der Waals surface area contributed by atoms with Gasteiger partial charge in [-0.05, 0) is 74.4 Å². The average Bonchev–Trinajstić information content (AvgIpc) is 3.02. The standard InChI is InChI=1S/C35H35BrF3N3O4S/c1-24(2)40-34(44)32(20-26-8-5-4-6-9-26)41(22-27-14-16-29(36)17-15-27)33(43)23-42(30-11-7-10-28(21-30)35(37,38)39)47(45,46)31-18-12-25(3)13-19-31/h4-19,21,24,32H,20,22-23H2,1-3H3,(H,40,44). The van der Waals surface area contributed by atoms with Crippen molar-refractivity contribution in [1.82, 2.24) is 10.2 Å². The molecule has 1 unspecified atom stereocenters. The fourth-order valence-electron chi connectivity index (χ4n) is 4.92. The molecule has 12 heteroatoms. The van der Waals surface area contributed by atoms with Crippen LogP contribution in [0.15, 0.2) is 112 Å². The summed E-state index contributed by atoms with van der Waals surface area (Å²) < 4.78 is 71.0. The van der Waals surface area contributed by atoms with Gasteiger partial charge in [-0.15, -0.1) is 0 Å². The lowest BCUT2D eigenvalue weighted by molar-refractivity contribution is -0.140. The first kappa shape index (κ1) is 35.7. The summed E-state index contributed by atoms with van der Waals surface area (Å²) in [6, 6.07) is 24.4. The van der Waals surface area contributed by atoms with Gasteiger partial charge in [0.15, 0.2) is 0 Å². The summed E-state index contributed by atoms with van der Waals surface area (Å²) in [5.41, 5.74) is 0.766. The predicted octanol–water partition coefficient (Wildman–Crippen LogP) is 7.14. The molecule has 0 aliphatic heterocycles. The Hall–Kier alpha value is -4.16. The first-order valence-corrected chi connectivity index (χ1v) is 17.0. The topological polar surface area (TPSA) is 86.8 Å². The molecule has 4 rings (SSSR count). The van der Waals surface area contributed by atoms with Gasteiger partial charge in [0.1, 0.15) is 12.6 Å². The van der Waals surface area contributed by atoms with Gasteiger partial charge >= 0.3 is 6.18 Å². The van der Waals surface area contributed by atoms with Crippen LogP contribution in [0.5, 0.6) is 0 Å². The summed E-state index contributed by atoms with van der Waals surface area (Å²) in [7, 11) is -4.55. The number of nitrogens with one attached hydrogen (secondary N) is 1. The highest BCUT2D eigenvalue weighted by molar-refractivity contribution is 9.10. The van der Waals surface area contributed by atoms with Gasteiger partial charge < -0.3 is 10.2 Å². The van der Waals surface area contributed by atoms with E-state index in [0.29, 0.717) is 15.9 Å². The number of alkyl halides is 3. The molecule has 248 valence electrons. The lowest BCUT2D eigenvalue weighted by Gasteiger charge is -2.34. The highest BCUT2D eigenvalue weighted by Gasteiger charge is 2.36. The van der Waals surface area contributed by atoms with Gasteiger partial charge in [0.05, 0.1) is 16.1 Å². The van der Waals surface area contributed by atoms with E-state index in [1.165, 1.54) is 23.1 Å². The largest absolute Gasteiger partial charge is 0.416 e. The zero-order valence-corrected chi connectivity index (χ0v) is 28.4. The molecule has 0 saturated heterocycles. The second-order valence-corrected chi connectivity index (χ2v) is 14.2. The van der Waals surface area contributed by atoms with Crippen molar-refractivity contribution in [3.05, 3.63) is 130 Å². The van der Waals surface area contributed by atoms with Crippen LogP contribution in [-0.2, 0) is 38.8 Å². The number of sulfonamides is 1. The number of carbonyl (C=O) groups excluding carboxylic acids is 2. The van der Waals surface area contributed by atoms with Gasteiger partial charge in [-0.2, -0.15) is 13.2 Å². The summed E-state index contributed by atoms with van der Waals surface area (Å²) >= 11 is 3.39. The highest BCUT2D eigenvalue weighted by Crippen LogP contribution is 2.33. The number of hydrogen-bond donors (Lipinski definition) is 1. The van der Waals surface area contributed by atoms with Crippen LogP contribution in [0.1, 0.15) is 36.1 Å². The van der Waals surface area contributed by atoms with E-state index in [1.54, 1.807) is 69.3 Å². The van der Waals surface area contributed by atoms with Crippen LogP contribution in [0.2, 0.25) is 0 Å². The van der Waals surface area contributed by atoms with E-state index >= 15 is 0 Å². The van der Waals surface area contributed by atoms with Crippen LogP contribution in [0, 0.1) is 6.92 Å². The fraction of sp³-hybridized carbons (Fsp3) is 0.257. The molecule has 0 aliphatic rings. The molecule has 1 N–H and O–H groups in total. The molecule has 2 amide bonds. The van der Waals surface area contributed by atoms with Crippen LogP contribution in [0.25, 0.3) is 0 Å². The lowest BCUT2D eigenvalue weighted by atomic mass is 10.0. The number of rotatable bonds is 12. The summed E-state index contributed by atoms with van der Waals surface area (Å²) in [6.07, 6.45) is -4.65. The van der Waals surface area contributed by atoms with Crippen molar-refractivity contribution < 1.29 is 31.2 Å². The average molecular weight is 731 g/mol. The normalized spacial score (nSPS) is 12.4. The number of aryl methyl sites for hydroxylation is 1. The maximum absolute atomic E-state index is 14.4. The van der Waals surface area contributed by atoms with Crippen molar-refractivity contribution >= 4 is 43.5 Å². The summed E-state index contributed by atoms with van der Waals surface area (Å²) in [5, 5.41) is 2.87. The Morgan fingerprint density at radius 3 is 2.09 bits per heavy atom. The first-order valence-electron chi connectivity index (χ1n) is 14.8. The maximum Gasteiger partial charge on any atom is 0.416 e. The van der Waals surface area contributed by atoms with E-state index < -0.39 is 46.2 Å². The molecule has 1 atom stereocenters. The van der Waals surface area contributed by atoms with E-state index in [0.717, 1.165) is 27.7 Å². The highest BCUT2D eigenvalue weighted by atomic mass is 79.9. The summed E-state index contributed by atoms with van der Waals surface area (Å²) in [4.78, 5) is 29.3. The van der Waals surface area contributed by atoms with Crippen molar-refractivity contribution in [1.29, 1.82) is 0 Å². The quantitative estimate of drug-likeness (QED) is 0.168. The summed E-state index contributed by atoms with van der Waals surface area (Å²) in [5.74, 6) is -1.23. The zero-order valence-electron chi connectivity index (χ0n) is 26.0. The zero-order chi connectivity index (χ0) is 34.4. The van der Waals surface area contributed by atoms with Crippen molar-refractivity contribution in [2.45, 2.75) is 56.9 Å². The number of nitrogens with zero attached hydrogens (tertiary/aromatic N) is 2. The van der Waals surface area contributed by atoms with Crippen molar-refractivity contribution in [3.8, 4) is 0 Å². The summed E-state index contributed by atoms with van der Waals surface area (Å²) in [6.45, 7) is 4.38. The molecule has 0 aromatic heterocycles. The second-order valence-electron chi connectivity index (χ2n) is 11.4. The van der Waals surface area contributed by atoms with Crippen LogP contribution in [0.3, 0.4) is 0 Å². The van der Waals surface area contributed by atoms with Gasteiger partial charge in [-0.1, -0.05) is 82.2 Å². The minimum absolute atomic E-state index is 0.0733. The number of benzene rings is 4. The second kappa shape index (κ2) is 15.2. The molecule has 0 fully saturated rings. The molecule has 0 spiro atoms. The Morgan fingerprint density at radius 2 is 1.49 bits per heavy atom. The number of carbonyl (C=O) groups is 2. The fourth-order valence-corrected chi connectivity index (χ4v) is 6.60. The Bertz CT molecular complexity index is 1780. The van der Waals surface area contributed by atoms with E-state index in [9.17, 15) is 31.2 Å². The van der Waals surface area contributed by atoms with Crippen molar-refractivity contribution in [2.75, 3.05) is 10.8 Å². The molecular weight excluding hydrogens is 695 g/mol. The van der Waals surface area contributed by atoms with E-state index in [2.05, 4.69) is 21.2 Å². The number of anilines is 1. The number of amides is 2. The van der Waals surface area contributed by atoms with E-state index in [-0.39, 0.29) is 29.6 Å². The third-order valence-electron chi connectivity index (χ3n) is 7.32. The Balaban J connectivity index is 1.84. The molecule has 0 bridgehead atoms. The third-order valence-corrected chi connectivity index (χ3v) is 9.63. The van der Waals surface area contributed by atoms with Gasteiger partial charge in [0.2, 0.25) is 11.8 Å². The van der Waals surface area contributed by atoms with Gasteiger partial charge in [0.25, 0.3) is 10.0 Å². The Morgan fingerprint density at radius 1 is 0.851 bits per heavy atom. The molecule has 0 aliphatic carbocycles. The minimum Gasteiger partial charge on any atom is -0.352 e. The Labute approximate surface area is 281 Å². The minimum atomic E-state index is -4.76. The molecule has 0 saturated carbocycles. The maximum atomic E-state index is 14.4. The first-order chi connectivity index (χ1) is 22.1. The number of hydrogen-bond acceptors (Lipinski definition) is 4. The number of halogens is 4. The molecule has 47 heavy (non-hydrogen) atoms. The van der Waals surface area contributed by atoms with Crippen LogP contribution in [0.4, 0.5) is 18.9 Å². The van der Waals surface area contributed by atoms with E-state index in [1.807, 2.05) is 18.2 Å². The Kier molecular flexibility index (Phi) is 11.5.